The van der Waals surface area contributed by atoms with Crippen LogP contribution in [-0.4, -0.2) is 32.3 Å². The van der Waals surface area contributed by atoms with Gasteiger partial charge in [0.15, 0.2) is 0 Å². The van der Waals surface area contributed by atoms with E-state index in [2.05, 4.69) is 4.72 Å². The van der Waals surface area contributed by atoms with E-state index in [1.807, 2.05) is 6.92 Å². The van der Waals surface area contributed by atoms with Crippen LogP contribution in [0, 0.1) is 0 Å². The van der Waals surface area contributed by atoms with Gasteiger partial charge in [-0.1, -0.05) is 0 Å². The molecule has 0 amide bonds. The van der Waals surface area contributed by atoms with Gasteiger partial charge >= 0.3 is 114 Å². The van der Waals surface area contributed by atoms with Crippen molar-refractivity contribution in [2.75, 3.05) is 29.5 Å². The van der Waals surface area contributed by atoms with Gasteiger partial charge < -0.3 is 0 Å². The van der Waals surface area contributed by atoms with Crippen molar-refractivity contribution in [1.82, 2.24) is 0 Å². The molecule has 0 saturated heterocycles. The summed E-state index contributed by atoms with van der Waals surface area (Å²) in [5.74, 6) is 0. The number of sulfonamides is 1. The Morgan fingerprint density at radius 1 is 1.42 bits per heavy atom. The summed E-state index contributed by atoms with van der Waals surface area (Å²) in [5.41, 5.74) is 6.64. The van der Waals surface area contributed by atoms with Crippen molar-refractivity contribution in [3.05, 3.63) is 18.2 Å². The number of nitrogens with two attached hydrogens (primary N) is 1. The Labute approximate surface area is 114 Å². The van der Waals surface area contributed by atoms with E-state index < -0.39 is 17.7 Å². The van der Waals surface area contributed by atoms with Crippen LogP contribution in [0.2, 0.25) is 0 Å². The third-order valence-electron chi connectivity index (χ3n) is 2.64. The molecule has 0 fully saturated rings. The summed E-state index contributed by atoms with van der Waals surface area (Å²) in [6.07, 6.45) is 1.50. The third kappa shape index (κ3) is 4.31. The fraction of sp³-hybridized carbons (Fsp3) is 0.455. The van der Waals surface area contributed by atoms with Gasteiger partial charge in [-0.3, -0.25) is 0 Å². The molecule has 0 saturated carbocycles. The van der Waals surface area contributed by atoms with Gasteiger partial charge in [-0.2, -0.15) is 0 Å². The van der Waals surface area contributed by atoms with Crippen LogP contribution in [0.3, 0.4) is 0 Å². The van der Waals surface area contributed by atoms with Crippen LogP contribution in [0.5, 0.6) is 0 Å². The summed E-state index contributed by atoms with van der Waals surface area (Å²) in [6, 6.07) is 4.66. The van der Waals surface area contributed by atoms with Crippen LogP contribution in [0.25, 0.3) is 0 Å². The van der Waals surface area contributed by atoms with Crippen LogP contribution in [0.15, 0.2) is 18.2 Å². The van der Waals surface area contributed by atoms with Crippen LogP contribution in [-0.2, 0) is 14.5 Å². The molecule has 19 heavy (non-hydrogen) atoms. The maximum absolute atomic E-state index is 11.2. The number of hydrogen-bond donors (Lipinski definition) is 3. The Morgan fingerprint density at radius 2 is 2.05 bits per heavy atom. The van der Waals surface area contributed by atoms with Gasteiger partial charge in [0.25, 0.3) is 0 Å². The molecule has 1 aromatic carbocycles. The SMILES string of the molecule is CCO[PH](O)(CC)c1cc(NS(C)(=O)=O)ccc1N. The summed E-state index contributed by atoms with van der Waals surface area (Å²) >= 11 is 0. The topological polar surface area (TPSA) is 102 Å². The van der Waals surface area contributed by atoms with Crippen LogP contribution < -0.4 is 15.8 Å². The second-order valence-corrected chi connectivity index (χ2v) is 9.10. The number of hydrogen-bond acceptors (Lipinski definition) is 5. The van der Waals surface area contributed by atoms with Crippen LogP contribution >= 0.6 is 7.72 Å². The van der Waals surface area contributed by atoms with Crippen molar-refractivity contribution >= 4 is 34.4 Å². The second kappa shape index (κ2) is 6.05. The Kier molecular flexibility index (Phi) is 5.15. The molecular weight excluding hydrogens is 287 g/mol. The van der Waals surface area contributed by atoms with Gasteiger partial charge in [-0.15, -0.1) is 0 Å². The summed E-state index contributed by atoms with van der Waals surface area (Å²) in [7, 11) is -6.48. The molecular formula is C11H21N2O4PS. The van der Waals surface area contributed by atoms with E-state index in [9.17, 15) is 13.3 Å². The molecule has 6 nitrogen and oxygen atoms in total. The summed E-state index contributed by atoms with van der Waals surface area (Å²) in [5, 5.41) is 0.491. The normalized spacial score (nSPS) is 13.3. The molecule has 0 radical (unpaired) electrons. The molecule has 0 spiro atoms. The van der Waals surface area contributed by atoms with Crippen molar-refractivity contribution < 1.29 is 17.8 Å². The number of nitrogens with one attached hydrogen (secondary N) is 1. The number of nitrogen functional groups attached to an aromatic ring is 1. The van der Waals surface area contributed by atoms with E-state index in [0.717, 1.165) is 6.26 Å². The second-order valence-electron chi connectivity index (χ2n) is 4.25. The van der Waals surface area contributed by atoms with Crippen LogP contribution in [0.1, 0.15) is 13.8 Å². The van der Waals surface area contributed by atoms with Crippen molar-refractivity contribution in [3.8, 4) is 0 Å². The fourth-order valence-electron chi connectivity index (χ4n) is 1.78. The molecule has 1 rings (SSSR count). The zero-order valence-electron chi connectivity index (χ0n) is 11.3. The first-order valence-electron chi connectivity index (χ1n) is 5.96. The molecule has 0 atom stereocenters. The van der Waals surface area contributed by atoms with Gasteiger partial charge in [0.05, 0.1) is 0 Å². The Hall–Kier alpha value is -0.880. The average molecular weight is 308 g/mol. The van der Waals surface area contributed by atoms with Gasteiger partial charge in [0.1, 0.15) is 0 Å². The quantitative estimate of drug-likeness (QED) is 0.535. The molecule has 0 aromatic heterocycles. The van der Waals surface area contributed by atoms with Gasteiger partial charge in [0.2, 0.25) is 0 Å². The maximum atomic E-state index is 11.2. The number of benzene rings is 1. The average Bonchev–Trinajstić information content (AvgIpc) is 2.30. The first-order valence-corrected chi connectivity index (χ1v) is 9.91. The van der Waals surface area contributed by atoms with Crippen LogP contribution in [0.4, 0.5) is 11.4 Å². The monoisotopic (exact) mass is 308 g/mol. The van der Waals surface area contributed by atoms with E-state index in [4.69, 9.17) is 10.3 Å². The van der Waals surface area contributed by atoms with E-state index in [1.165, 1.54) is 0 Å². The molecule has 0 bridgehead atoms. The summed E-state index contributed by atoms with van der Waals surface area (Å²) in [6.45, 7) is 3.99. The molecule has 8 heteroatoms. The molecule has 0 aliphatic rings. The Morgan fingerprint density at radius 3 is 2.53 bits per heavy atom. The zero-order valence-corrected chi connectivity index (χ0v) is 13.1. The first-order chi connectivity index (χ1) is 8.72. The van der Waals surface area contributed by atoms with Gasteiger partial charge in [-0.05, 0) is 0 Å². The summed E-state index contributed by atoms with van der Waals surface area (Å²) in [4.78, 5) is 10.6. The molecule has 0 aliphatic carbocycles. The van der Waals surface area contributed by atoms with E-state index in [1.54, 1.807) is 25.1 Å². The Bertz CT molecular complexity index is 550. The van der Waals surface area contributed by atoms with Crippen molar-refractivity contribution in [2.24, 2.45) is 0 Å². The van der Waals surface area contributed by atoms with E-state index in [-0.39, 0.29) is 0 Å². The minimum absolute atomic E-state index is 0.366. The zero-order chi connectivity index (χ0) is 14.7. The molecule has 0 unspecified atom stereocenters. The number of anilines is 2. The predicted molar refractivity (Wildman–Crippen MR) is 81.7 cm³/mol. The molecule has 110 valence electrons. The van der Waals surface area contributed by atoms with E-state index in [0.29, 0.717) is 29.4 Å². The third-order valence-corrected chi connectivity index (χ3v) is 6.25. The molecule has 4 N–H and O–H groups in total. The van der Waals surface area contributed by atoms with Crippen molar-refractivity contribution in [3.63, 3.8) is 0 Å². The molecule has 1 aromatic rings. The van der Waals surface area contributed by atoms with Crippen molar-refractivity contribution in [2.45, 2.75) is 13.8 Å². The Balaban J connectivity index is 3.23. The first kappa shape index (κ1) is 16.2. The fourth-order valence-corrected chi connectivity index (χ4v) is 4.47. The van der Waals surface area contributed by atoms with Gasteiger partial charge in [0, 0.05) is 0 Å². The van der Waals surface area contributed by atoms with Crippen molar-refractivity contribution in [1.29, 1.82) is 0 Å². The summed E-state index contributed by atoms with van der Waals surface area (Å²) < 4.78 is 30.3. The minimum atomic E-state index is -3.37. The molecule has 0 aliphatic heterocycles. The van der Waals surface area contributed by atoms with Gasteiger partial charge in [-0.25, -0.2) is 0 Å². The number of rotatable bonds is 6. The van der Waals surface area contributed by atoms with E-state index >= 15 is 0 Å². The predicted octanol–water partition coefficient (Wildman–Crippen LogP) is 0.894. The standard InChI is InChI=1S/C11H21N2O4PS/c1-4-17-18(14,5-2)11-8-9(6-7-10(11)12)13-19(3,15)16/h6-8,13-14,18H,4-5,12H2,1-3H3. The molecule has 0 heterocycles.